The fourth-order valence-electron chi connectivity index (χ4n) is 10.2. The zero-order chi connectivity index (χ0) is 40.3. The van der Waals surface area contributed by atoms with Crippen LogP contribution in [0.5, 0.6) is 0 Å². The smallest absolute Gasteiger partial charge is 0.136 e. The van der Waals surface area contributed by atoms with Crippen molar-refractivity contribution in [1.29, 1.82) is 0 Å². The van der Waals surface area contributed by atoms with Crippen molar-refractivity contribution in [3.63, 3.8) is 0 Å². The zero-order valence-corrected chi connectivity index (χ0v) is 33.9. The third-order valence-corrected chi connectivity index (χ3v) is 13.1. The lowest BCUT2D eigenvalue weighted by molar-refractivity contribution is 0.445. The van der Waals surface area contributed by atoms with Gasteiger partial charge in [0.15, 0.2) is 0 Å². The summed E-state index contributed by atoms with van der Waals surface area (Å²) in [5, 5.41) is 7.15. The van der Waals surface area contributed by atoms with Crippen LogP contribution in [-0.2, 0) is 0 Å². The first-order chi connectivity index (χ1) is 30.3. The highest BCUT2D eigenvalue weighted by Crippen LogP contribution is 2.50. The first-order valence-electron chi connectivity index (χ1n) is 21.7. The SMILES string of the molecule is c1ccc(N(c2ccccc2-c2ccc3oc4ccccc4c3c2)c2ccccc2-c2cccc3cccc(C4CCCCC4)c23)c(-c2ccc3c(c2)oc2ccccc23)c1. The predicted octanol–water partition coefficient (Wildman–Crippen LogP) is 17.2. The molecule has 0 atom stereocenters. The second kappa shape index (κ2) is 14.7. The Bertz CT molecular complexity index is 3430. The third-order valence-electron chi connectivity index (χ3n) is 13.1. The molecular formula is C58H43NO2. The van der Waals surface area contributed by atoms with Gasteiger partial charge in [0.2, 0.25) is 0 Å². The summed E-state index contributed by atoms with van der Waals surface area (Å²) in [6.45, 7) is 0. The number of hydrogen-bond acceptors (Lipinski definition) is 3. The summed E-state index contributed by atoms with van der Waals surface area (Å²) in [6.07, 6.45) is 6.40. The van der Waals surface area contributed by atoms with Crippen LogP contribution in [0.15, 0.2) is 203 Å². The van der Waals surface area contributed by atoms with E-state index >= 15 is 0 Å². The molecule has 1 aliphatic rings. The largest absolute Gasteiger partial charge is 0.456 e. The van der Waals surface area contributed by atoms with E-state index in [0.717, 1.165) is 83.2 Å². The summed E-state index contributed by atoms with van der Waals surface area (Å²) in [7, 11) is 0. The van der Waals surface area contributed by atoms with Gasteiger partial charge in [0.1, 0.15) is 22.3 Å². The van der Waals surface area contributed by atoms with E-state index in [1.165, 1.54) is 59.6 Å². The Morgan fingerprint density at radius 1 is 0.361 bits per heavy atom. The summed E-state index contributed by atoms with van der Waals surface area (Å²) in [5.74, 6) is 0.561. The van der Waals surface area contributed by atoms with Crippen LogP contribution in [-0.4, -0.2) is 0 Å². The Hall–Kier alpha value is -7.36. The minimum absolute atomic E-state index is 0.561. The van der Waals surface area contributed by atoms with Crippen molar-refractivity contribution in [2.24, 2.45) is 0 Å². The molecule has 1 aliphatic carbocycles. The minimum atomic E-state index is 0.561. The van der Waals surface area contributed by atoms with Crippen molar-refractivity contribution >= 4 is 71.7 Å². The van der Waals surface area contributed by atoms with E-state index in [9.17, 15) is 0 Å². The molecule has 3 nitrogen and oxygen atoms in total. The molecule has 2 aromatic heterocycles. The molecule has 2 heterocycles. The van der Waals surface area contributed by atoms with Gasteiger partial charge >= 0.3 is 0 Å². The summed E-state index contributed by atoms with van der Waals surface area (Å²) in [5.41, 5.74) is 15.3. The van der Waals surface area contributed by atoms with Crippen LogP contribution in [0.2, 0.25) is 0 Å². The molecule has 61 heavy (non-hydrogen) atoms. The van der Waals surface area contributed by atoms with Crippen LogP contribution < -0.4 is 4.90 Å². The Morgan fingerprint density at radius 3 is 1.59 bits per heavy atom. The number of benzene rings is 9. The molecule has 3 heteroatoms. The van der Waals surface area contributed by atoms with E-state index in [2.05, 4.69) is 181 Å². The van der Waals surface area contributed by atoms with E-state index in [4.69, 9.17) is 8.83 Å². The van der Waals surface area contributed by atoms with Crippen molar-refractivity contribution in [1.82, 2.24) is 0 Å². The number of furan rings is 2. The highest BCUT2D eigenvalue weighted by molar-refractivity contribution is 6.09. The number of para-hydroxylation sites is 5. The van der Waals surface area contributed by atoms with Crippen molar-refractivity contribution in [3.8, 4) is 33.4 Å². The van der Waals surface area contributed by atoms with Gasteiger partial charge in [0.25, 0.3) is 0 Å². The monoisotopic (exact) mass is 785 g/mol. The highest BCUT2D eigenvalue weighted by atomic mass is 16.3. The van der Waals surface area contributed by atoms with Crippen LogP contribution >= 0.6 is 0 Å². The number of nitrogens with zero attached hydrogens (tertiary/aromatic N) is 1. The number of hydrogen-bond donors (Lipinski definition) is 0. The molecule has 292 valence electrons. The van der Waals surface area contributed by atoms with Crippen LogP contribution in [0, 0.1) is 0 Å². The number of anilines is 3. The fourth-order valence-corrected chi connectivity index (χ4v) is 10.2. The molecule has 0 aliphatic heterocycles. The van der Waals surface area contributed by atoms with E-state index < -0.39 is 0 Å². The van der Waals surface area contributed by atoms with Crippen molar-refractivity contribution in [2.75, 3.05) is 4.90 Å². The summed E-state index contributed by atoms with van der Waals surface area (Å²) < 4.78 is 12.8. The van der Waals surface area contributed by atoms with E-state index in [1.807, 2.05) is 18.2 Å². The Labute approximate surface area is 355 Å². The van der Waals surface area contributed by atoms with Gasteiger partial charge in [-0.1, -0.05) is 159 Å². The summed E-state index contributed by atoms with van der Waals surface area (Å²) in [4.78, 5) is 2.50. The average molecular weight is 786 g/mol. The lowest BCUT2D eigenvalue weighted by Gasteiger charge is -2.32. The maximum atomic E-state index is 6.48. The van der Waals surface area contributed by atoms with Gasteiger partial charge in [0.05, 0.1) is 17.1 Å². The number of fused-ring (bicyclic) bond motifs is 7. The third kappa shape index (κ3) is 6.03. The maximum absolute atomic E-state index is 6.48. The fraction of sp³-hybridized carbons (Fsp3) is 0.103. The van der Waals surface area contributed by atoms with Gasteiger partial charge in [-0.25, -0.2) is 0 Å². The quantitative estimate of drug-likeness (QED) is 0.161. The second-order valence-electron chi connectivity index (χ2n) is 16.6. The van der Waals surface area contributed by atoms with E-state index in [-0.39, 0.29) is 0 Å². The molecule has 1 fully saturated rings. The lowest BCUT2D eigenvalue weighted by Crippen LogP contribution is -2.13. The van der Waals surface area contributed by atoms with Crippen molar-refractivity contribution in [3.05, 3.63) is 200 Å². The summed E-state index contributed by atoms with van der Waals surface area (Å²) in [6, 6.07) is 70.5. The van der Waals surface area contributed by atoms with Crippen LogP contribution in [0.25, 0.3) is 88.0 Å². The van der Waals surface area contributed by atoms with E-state index in [1.54, 1.807) is 0 Å². The number of rotatable bonds is 7. The molecule has 0 radical (unpaired) electrons. The van der Waals surface area contributed by atoms with Crippen molar-refractivity contribution in [2.45, 2.75) is 38.0 Å². The first-order valence-corrected chi connectivity index (χ1v) is 21.7. The first kappa shape index (κ1) is 35.6. The predicted molar refractivity (Wildman–Crippen MR) is 255 cm³/mol. The van der Waals surface area contributed by atoms with Crippen LogP contribution in [0.1, 0.15) is 43.6 Å². The molecule has 0 saturated heterocycles. The zero-order valence-electron chi connectivity index (χ0n) is 33.9. The normalized spacial score (nSPS) is 13.5. The molecular weight excluding hydrogens is 743 g/mol. The van der Waals surface area contributed by atoms with Gasteiger partial charge in [-0.15, -0.1) is 0 Å². The molecule has 0 spiro atoms. The molecule has 0 amide bonds. The molecule has 11 aromatic rings. The van der Waals surface area contributed by atoms with Gasteiger partial charge in [-0.05, 0) is 106 Å². The van der Waals surface area contributed by atoms with Crippen molar-refractivity contribution < 1.29 is 8.83 Å². The Morgan fingerprint density at radius 2 is 0.869 bits per heavy atom. The Balaban J connectivity index is 1.11. The molecule has 0 N–H and O–H groups in total. The molecule has 12 rings (SSSR count). The molecule has 0 unspecified atom stereocenters. The second-order valence-corrected chi connectivity index (χ2v) is 16.6. The van der Waals surface area contributed by atoms with Gasteiger partial charge < -0.3 is 13.7 Å². The van der Waals surface area contributed by atoms with Gasteiger partial charge in [-0.3, -0.25) is 0 Å². The maximum Gasteiger partial charge on any atom is 0.136 e. The highest BCUT2D eigenvalue weighted by Gasteiger charge is 2.26. The molecule has 9 aromatic carbocycles. The van der Waals surface area contributed by atoms with Crippen LogP contribution in [0.4, 0.5) is 17.1 Å². The minimum Gasteiger partial charge on any atom is -0.456 e. The van der Waals surface area contributed by atoms with E-state index in [0.29, 0.717) is 5.92 Å². The van der Waals surface area contributed by atoms with Gasteiger partial charge in [-0.2, -0.15) is 0 Å². The Kier molecular flexibility index (Phi) is 8.59. The topological polar surface area (TPSA) is 29.5 Å². The van der Waals surface area contributed by atoms with Crippen LogP contribution in [0.3, 0.4) is 0 Å². The molecule has 1 saturated carbocycles. The lowest BCUT2D eigenvalue weighted by atomic mass is 9.80. The standard InChI is InChI=1S/C58H43NO2/c1-2-16-38(17-3-1)44-25-14-18-39-19-15-26-49(58(39)44)45-22-6-11-29-53(45)59(51-27-9-4-20-42(51)40-33-35-56-50(36-40)47-24-8-13-31-55(47)60-56)52-28-10-5-21-43(52)41-32-34-48-46-23-7-12-30-54(46)61-57(48)37-41/h4-15,18-38H,1-3,16-17H2. The van der Waals surface area contributed by atoms with Gasteiger partial charge in [0, 0.05) is 38.2 Å². The summed E-state index contributed by atoms with van der Waals surface area (Å²) >= 11 is 0. The molecule has 0 bridgehead atoms. The average Bonchev–Trinajstić information content (AvgIpc) is 3.90.